The number of rotatable bonds is 1. The molecule has 1 aliphatic heterocycles. The molecule has 0 saturated carbocycles. The first-order chi connectivity index (χ1) is 10.2. The van der Waals surface area contributed by atoms with Gasteiger partial charge in [0.2, 0.25) is 6.79 Å². The molecule has 0 fully saturated rings. The van der Waals surface area contributed by atoms with Crippen LogP contribution in [0.4, 0.5) is 5.82 Å². The van der Waals surface area contributed by atoms with Gasteiger partial charge in [0, 0.05) is 10.9 Å². The lowest BCUT2D eigenvalue weighted by molar-refractivity contribution is 0.174. The fourth-order valence-corrected chi connectivity index (χ4v) is 2.59. The molecule has 0 unspecified atom stereocenters. The van der Waals surface area contributed by atoms with Gasteiger partial charge in [-0.15, -0.1) is 12.4 Å². The molecule has 1 aromatic heterocycles. The Hall–Kier alpha value is -2.46. The van der Waals surface area contributed by atoms with Gasteiger partial charge in [-0.1, -0.05) is 17.7 Å². The molecule has 0 amide bonds. The number of aromatic nitrogens is 1. The van der Waals surface area contributed by atoms with Gasteiger partial charge in [0.15, 0.2) is 11.5 Å². The highest BCUT2D eigenvalue weighted by molar-refractivity contribution is 5.94. The Balaban J connectivity index is 0.00000144. The largest absolute Gasteiger partial charge is 0.454 e. The Morgan fingerprint density at radius 3 is 2.68 bits per heavy atom. The van der Waals surface area contributed by atoms with Gasteiger partial charge in [-0.25, -0.2) is 4.98 Å². The van der Waals surface area contributed by atoms with E-state index in [0.29, 0.717) is 5.82 Å². The molecule has 112 valence electrons. The number of halogens is 1. The molecule has 0 saturated heterocycles. The number of benzene rings is 2. The van der Waals surface area contributed by atoms with E-state index in [-0.39, 0.29) is 19.2 Å². The predicted octanol–water partition coefficient (Wildman–Crippen LogP) is 3.94. The number of nitrogens with two attached hydrogens (primary N) is 1. The van der Waals surface area contributed by atoms with E-state index >= 15 is 0 Å². The monoisotopic (exact) mass is 314 g/mol. The van der Waals surface area contributed by atoms with Gasteiger partial charge in [0.25, 0.3) is 0 Å². The average molecular weight is 315 g/mol. The molecular formula is C17H15ClN2O2. The summed E-state index contributed by atoms with van der Waals surface area (Å²) in [5.41, 5.74) is 9.08. The van der Waals surface area contributed by atoms with E-state index in [9.17, 15) is 0 Å². The van der Waals surface area contributed by atoms with Crippen LogP contribution in [0.3, 0.4) is 0 Å². The Labute approximate surface area is 134 Å². The minimum absolute atomic E-state index is 0. The molecule has 5 heteroatoms. The van der Waals surface area contributed by atoms with Crippen molar-refractivity contribution in [3.63, 3.8) is 0 Å². The standard InChI is InChI=1S/C17H14N2O2.ClH/c1-10-2-3-11-7-14(19-17(18)13(11)6-10)12-4-5-15-16(8-12)21-9-20-15;/h2-8H,9H2,1H3,(H2,18,19);1H. The molecule has 0 spiro atoms. The van der Waals surface area contributed by atoms with Crippen LogP contribution in [0.15, 0.2) is 42.5 Å². The number of anilines is 1. The maximum absolute atomic E-state index is 6.11. The Morgan fingerprint density at radius 1 is 1.00 bits per heavy atom. The van der Waals surface area contributed by atoms with Crippen molar-refractivity contribution >= 4 is 29.0 Å². The third-order valence-corrected chi connectivity index (χ3v) is 3.69. The van der Waals surface area contributed by atoms with Crippen LogP contribution in [-0.2, 0) is 0 Å². The molecule has 1 aliphatic rings. The van der Waals surface area contributed by atoms with Crippen molar-refractivity contribution in [3.8, 4) is 22.8 Å². The first-order valence-electron chi connectivity index (χ1n) is 6.77. The van der Waals surface area contributed by atoms with Crippen LogP contribution >= 0.6 is 12.4 Å². The molecule has 0 bridgehead atoms. The van der Waals surface area contributed by atoms with Gasteiger partial charge in [0.1, 0.15) is 5.82 Å². The minimum atomic E-state index is 0. The van der Waals surface area contributed by atoms with Crippen LogP contribution in [-0.4, -0.2) is 11.8 Å². The molecule has 3 aromatic rings. The van der Waals surface area contributed by atoms with Crippen molar-refractivity contribution in [2.24, 2.45) is 0 Å². The van der Waals surface area contributed by atoms with E-state index in [2.05, 4.69) is 23.2 Å². The minimum Gasteiger partial charge on any atom is -0.454 e. The summed E-state index contributed by atoms with van der Waals surface area (Å²) in [7, 11) is 0. The molecule has 4 nitrogen and oxygen atoms in total. The van der Waals surface area contributed by atoms with Gasteiger partial charge in [-0.05, 0) is 42.6 Å². The fraction of sp³-hybridized carbons (Fsp3) is 0.118. The third-order valence-electron chi connectivity index (χ3n) is 3.69. The predicted molar refractivity (Wildman–Crippen MR) is 89.7 cm³/mol. The SMILES string of the molecule is Cc1ccc2cc(-c3ccc4c(c3)OCO4)nc(N)c2c1.Cl. The van der Waals surface area contributed by atoms with E-state index in [1.54, 1.807) is 0 Å². The van der Waals surface area contributed by atoms with Crippen LogP contribution in [0.1, 0.15) is 5.56 Å². The molecule has 2 aromatic carbocycles. The normalized spacial score (nSPS) is 12.2. The maximum Gasteiger partial charge on any atom is 0.231 e. The second-order valence-electron chi connectivity index (χ2n) is 5.19. The molecule has 0 aliphatic carbocycles. The van der Waals surface area contributed by atoms with Crippen LogP contribution in [0.5, 0.6) is 11.5 Å². The zero-order valence-corrected chi connectivity index (χ0v) is 12.8. The van der Waals surface area contributed by atoms with E-state index < -0.39 is 0 Å². The smallest absolute Gasteiger partial charge is 0.231 e. The lowest BCUT2D eigenvalue weighted by Crippen LogP contribution is -1.95. The number of aryl methyl sites for hydroxylation is 1. The fourth-order valence-electron chi connectivity index (χ4n) is 2.59. The quantitative estimate of drug-likeness (QED) is 0.739. The van der Waals surface area contributed by atoms with Crippen molar-refractivity contribution < 1.29 is 9.47 Å². The van der Waals surface area contributed by atoms with Crippen molar-refractivity contribution in [2.45, 2.75) is 6.92 Å². The topological polar surface area (TPSA) is 57.4 Å². The summed E-state index contributed by atoms with van der Waals surface area (Å²) in [6.45, 7) is 2.32. The van der Waals surface area contributed by atoms with E-state index in [1.165, 1.54) is 5.56 Å². The summed E-state index contributed by atoms with van der Waals surface area (Å²) in [4.78, 5) is 4.52. The van der Waals surface area contributed by atoms with Gasteiger partial charge in [0.05, 0.1) is 5.69 Å². The molecule has 2 N–H and O–H groups in total. The number of ether oxygens (including phenoxy) is 2. The lowest BCUT2D eigenvalue weighted by Gasteiger charge is -2.08. The first kappa shape index (κ1) is 14.5. The van der Waals surface area contributed by atoms with Crippen molar-refractivity contribution in [3.05, 3.63) is 48.0 Å². The van der Waals surface area contributed by atoms with Gasteiger partial charge in [-0.3, -0.25) is 0 Å². The van der Waals surface area contributed by atoms with E-state index in [0.717, 1.165) is 33.5 Å². The van der Waals surface area contributed by atoms with Crippen molar-refractivity contribution in [1.82, 2.24) is 4.98 Å². The summed E-state index contributed by atoms with van der Waals surface area (Å²) in [6.07, 6.45) is 0. The first-order valence-corrected chi connectivity index (χ1v) is 6.77. The summed E-state index contributed by atoms with van der Waals surface area (Å²) in [5, 5.41) is 2.07. The number of nitrogen functional groups attached to an aromatic ring is 1. The highest BCUT2D eigenvalue weighted by Crippen LogP contribution is 2.36. The molecule has 22 heavy (non-hydrogen) atoms. The van der Waals surface area contributed by atoms with Crippen LogP contribution in [0.25, 0.3) is 22.0 Å². The number of hydrogen-bond acceptors (Lipinski definition) is 4. The molecule has 0 atom stereocenters. The summed E-state index contributed by atoms with van der Waals surface area (Å²) < 4.78 is 10.7. The number of nitrogens with zero attached hydrogens (tertiary/aromatic N) is 1. The highest BCUT2D eigenvalue weighted by atomic mass is 35.5. The lowest BCUT2D eigenvalue weighted by atomic mass is 10.0. The summed E-state index contributed by atoms with van der Waals surface area (Å²) >= 11 is 0. The molecule has 0 radical (unpaired) electrons. The second-order valence-corrected chi connectivity index (χ2v) is 5.19. The Morgan fingerprint density at radius 2 is 1.82 bits per heavy atom. The van der Waals surface area contributed by atoms with Gasteiger partial charge >= 0.3 is 0 Å². The number of hydrogen-bond donors (Lipinski definition) is 1. The van der Waals surface area contributed by atoms with Crippen LogP contribution < -0.4 is 15.2 Å². The molecule has 4 rings (SSSR count). The highest BCUT2D eigenvalue weighted by Gasteiger charge is 2.15. The molecule has 2 heterocycles. The van der Waals surface area contributed by atoms with E-state index in [4.69, 9.17) is 15.2 Å². The second kappa shape index (κ2) is 5.39. The number of fused-ring (bicyclic) bond motifs is 2. The maximum atomic E-state index is 6.11. The van der Waals surface area contributed by atoms with Crippen LogP contribution in [0, 0.1) is 6.92 Å². The van der Waals surface area contributed by atoms with Crippen LogP contribution in [0.2, 0.25) is 0 Å². The Bertz CT molecular complexity index is 865. The van der Waals surface area contributed by atoms with Gasteiger partial charge < -0.3 is 15.2 Å². The van der Waals surface area contributed by atoms with Gasteiger partial charge in [-0.2, -0.15) is 0 Å². The summed E-state index contributed by atoms with van der Waals surface area (Å²) in [6, 6.07) is 14.0. The zero-order chi connectivity index (χ0) is 14.4. The summed E-state index contributed by atoms with van der Waals surface area (Å²) in [5.74, 6) is 2.06. The molecular weight excluding hydrogens is 300 g/mol. The third kappa shape index (κ3) is 2.31. The Kier molecular flexibility index (Phi) is 3.54. The average Bonchev–Trinajstić information content (AvgIpc) is 2.95. The number of pyridine rings is 1. The van der Waals surface area contributed by atoms with Crippen molar-refractivity contribution in [1.29, 1.82) is 0 Å². The van der Waals surface area contributed by atoms with Crippen molar-refractivity contribution in [2.75, 3.05) is 12.5 Å². The van der Waals surface area contributed by atoms with E-state index in [1.807, 2.05) is 31.2 Å². The zero-order valence-electron chi connectivity index (χ0n) is 12.0.